The Morgan fingerprint density at radius 3 is 2.49 bits per heavy atom. The second-order valence-corrected chi connectivity index (χ2v) is 9.16. The monoisotopic (exact) mass is 490 g/mol. The minimum Gasteiger partial charge on any atom is -0.463 e. The van der Waals surface area contributed by atoms with Gasteiger partial charge in [-0.05, 0) is 48.0 Å². The molecule has 3 N–H and O–H groups in total. The molecule has 4 rings (SSSR count). The summed E-state index contributed by atoms with van der Waals surface area (Å²) in [4.78, 5) is 29.8. The van der Waals surface area contributed by atoms with Gasteiger partial charge in [0.05, 0.1) is 22.2 Å². The van der Waals surface area contributed by atoms with Crippen molar-refractivity contribution in [1.82, 2.24) is 20.6 Å². The van der Waals surface area contributed by atoms with Gasteiger partial charge in [0.25, 0.3) is 11.8 Å². The van der Waals surface area contributed by atoms with E-state index < -0.39 is 21.8 Å². The van der Waals surface area contributed by atoms with Gasteiger partial charge in [0.1, 0.15) is 5.69 Å². The number of hydrogen-bond acceptors (Lipinski definition) is 6. The third-order valence-corrected chi connectivity index (χ3v) is 6.55. The molecule has 0 aliphatic carbocycles. The zero-order valence-corrected chi connectivity index (χ0v) is 19.5. The first-order valence-electron chi connectivity index (χ1n) is 10.7. The van der Waals surface area contributed by atoms with Gasteiger partial charge in [0.15, 0.2) is 5.76 Å². The van der Waals surface area contributed by atoms with Crippen LogP contribution in [-0.2, 0) is 14.8 Å². The van der Waals surface area contributed by atoms with Crippen molar-refractivity contribution in [2.45, 2.75) is 11.8 Å². The highest BCUT2D eigenvalue weighted by Crippen LogP contribution is 2.25. The van der Waals surface area contributed by atoms with E-state index in [9.17, 15) is 18.0 Å². The molecule has 10 heteroatoms. The number of furan rings is 1. The third-order valence-electron chi connectivity index (χ3n) is 4.99. The summed E-state index contributed by atoms with van der Waals surface area (Å²) < 4.78 is 31.8. The van der Waals surface area contributed by atoms with Crippen LogP contribution in [-0.4, -0.2) is 31.8 Å². The number of carbonyl (C=O) groups is 2. The zero-order chi connectivity index (χ0) is 24.8. The molecule has 0 saturated carbocycles. The number of amides is 2. The van der Waals surface area contributed by atoms with Crippen LogP contribution in [0.5, 0.6) is 0 Å². The quantitative estimate of drug-likeness (QED) is 0.269. The minimum absolute atomic E-state index is 0.131. The molecular weight excluding hydrogens is 468 g/mol. The summed E-state index contributed by atoms with van der Waals surface area (Å²) in [5.41, 5.74) is 6.79. The number of fused-ring (bicyclic) bond motifs is 1. The number of hydrazine groups is 1. The molecule has 0 radical (unpaired) electrons. The molecule has 4 aromatic rings. The normalized spacial score (nSPS) is 11.6. The SMILES string of the molecule is CCNS(=O)(=O)c1ccc(/C=C/C(=O)NNC(=O)c2cc(-c3ccco3)nc3ccccc23)cc1. The topological polar surface area (TPSA) is 130 Å². The van der Waals surface area contributed by atoms with E-state index in [0.717, 1.165) is 0 Å². The van der Waals surface area contributed by atoms with Gasteiger partial charge in [-0.1, -0.05) is 37.3 Å². The van der Waals surface area contributed by atoms with Crippen LogP contribution < -0.4 is 15.6 Å². The lowest BCUT2D eigenvalue weighted by molar-refractivity contribution is -0.117. The highest BCUT2D eigenvalue weighted by Gasteiger charge is 2.15. The van der Waals surface area contributed by atoms with Crippen molar-refractivity contribution in [3.05, 3.63) is 90.2 Å². The fourth-order valence-corrected chi connectivity index (χ4v) is 4.39. The minimum atomic E-state index is -3.55. The molecule has 2 aromatic carbocycles. The number of pyridine rings is 1. The second kappa shape index (κ2) is 10.3. The van der Waals surface area contributed by atoms with E-state index >= 15 is 0 Å². The zero-order valence-electron chi connectivity index (χ0n) is 18.7. The van der Waals surface area contributed by atoms with E-state index in [1.165, 1.54) is 30.5 Å². The number of nitrogens with one attached hydrogen (secondary N) is 3. The van der Waals surface area contributed by atoms with Gasteiger partial charge in [-0.3, -0.25) is 20.4 Å². The second-order valence-electron chi connectivity index (χ2n) is 7.40. The van der Waals surface area contributed by atoms with Crippen molar-refractivity contribution in [3.8, 4) is 11.5 Å². The molecule has 0 atom stereocenters. The molecule has 9 nitrogen and oxygen atoms in total. The first-order chi connectivity index (χ1) is 16.9. The Morgan fingerprint density at radius 1 is 1.00 bits per heavy atom. The maximum absolute atomic E-state index is 12.9. The van der Waals surface area contributed by atoms with Gasteiger partial charge in [0.2, 0.25) is 10.0 Å². The summed E-state index contributed by atoms with van der Waals surface area (Å²) in [7, 11) is -3.55. The molecule has 2 heterocycles. The summed E-state index contributed by atoms with van der Waals surface area (Å²) >= 11 is 0. The molecule has 0 aliphatic rings. The number of carbonyl (C=O) groups excluding carboxylic acids is 2. The summed E-state index contributed by atoms with van der Waals surface area (Å²) in [6, 6.07) is 18.3. The molecule has 0 fully saturated rings. The summed E-state index contributed by atoms with van der Waals surface area (Å²) in [6.45, 7) is 1.98. The molecule has 0 aliphatic heterocycles. The first kappa shape index (κ1) is 23.9. The Balaban J connectivity index is 1.44. The third kappa shape index (κ3) is 5.62. The van der Waals surface area contributed by atoms with Crippen LogP contribution in [0.3, 0.4) is 0 Å². The van der Waals surface area contributed by atoms with Gasteiger partial charge in [-0.15, -0.1) is 0 Å². The number of para-hydroxylation sites is 1. The van der Waals surface area contributed by atoms with Gasteiger partial charge in [-0.2, -0.15) is 0 Å². The van der Waals surface area contributed by atoms with Crippen LogP contribution in [0.2, 0.25) is 0 Å². The highest BCUT2D eigenvalue weighted by molar-refractivity contribution is 7.89. The Morgan fingerprint density at radius 2 is 1.77 bits per heavy atom. The van der Waals surface area contributed by atoms with Gasteiger partial charge in [-0.25, -0.2) is 18.1 Å². The molecule has 0 unspecified atom stereocenters. The van der Waals surface area contributed by atoms with Crippen LogP contribution >= 0.6 is 0 Å². The smallest absolute Gasteiger partial charge is 0.270 e. The van der Waals surface area contributed by atoms with E-state index in [2.05, 4.69) is 20.6 Å². The van der Waals surface area contributed by atoms with E-state index in [1.807, 2.05) is 6.07 Å². The Kier molecular flexibility index (Phi) is 7.04. The standard InChI is InChI=1S/C25H22N4O5S/c1-2-26-35(32,33)18-12-9-17(10-13-18)11-14-24(30)28-29-25(31)20-16-22(23-8-5-15-34-23)27-21-7-4-3-6-19(20)21/h3-16,26H,2H2,1H3,(H,28,30)(H,29,31)/b14-11+. The lowest BCUT2D eigenvalue weighted by atomic mass is 10.1. The van der Waals surface area contributed by atoms with Crippen LogP contribution in [0.25, 0.3) is 28.4 Å². The Labute approximate surface area is 201 Å². The number of rotatable bonds is 7. The van der Waals surface area contributed by atoms with Crippen LogP contribution in [0.15, 0.2) is 88.4 Å². The molecule has 178 valence electrons. The van der Waals surface area contributed by atoms with Crippen LogP contribution in [0.1, 0.15) is 22.8 Å². The summed E-state index contributed by atoms with van der Waals surface area (Å²) in [6.07, 6.45) is 4.25. The van der Waals surface area contributed by atoms with E-state index in [4.69, 9.17) is 4.42 Å². The number of nitrogens with zero attached hydrogens (tertiary/aromatic N) is 1. The number of benzene rings is 2. The predicted molar refractivity (Wildman–Crippen MR) is 131 cm³/mol. The maximum atomic E-state index is 12.9. The lowest BCUT2D eigenvalue weighted by Gasteiger charge is -2.10. The van der Waals surface area contributed by atoms with E-state index in [-0.39, 0.29) is 11.4 Å². The van der Waals surface area contributed by atoms with E-state index in [0.29, 0.717) is 33.5 Å². The van der Waals surface area contributed by atoms with Crippen LogP contribution in [0.4, 0.5) is 0 Å². The summed E-state index contributed by atoms with van der Waals surface area (Å²) in [5, 5.41) is 0.623. The number of aromatic nitrogens is 1. The first-order valence-corrected chi connectivity index (χ1v) is 12.2. The van der Waals surface area contributed by atoms with Crippen molar-refractivity contribution >= 4 is 38.8 Å². The average Bonchev–Trinajstić information content (AvgIpc) is 3.41. The molecule has 0 bridgehead atoms. The van der Waals surface area contributed by atoms with Crippen molar-refractivity contribution in [2.24, 2.45) is 0 Å². The van der Waals surface area contributed by atoms with Gasteiger partial charge >= 0.3 is 0 Å². The predicted octanol–water partition coefficient (Wildman–Crippen LogP) is 3.27. The summed E-state index contributed by atoms with van der Waals surface area (Å²) in [5.74, 6) is -0.565. The van der Waals surface area contributed by atoms with Gasteiger partial charge < -0.3 is 4.42 Å². The van der Waals surface area contributed by atoms with E-state index in [1.54, 1.807) is 55.5 Å². The molecular formula is C25H22N4O5S. The van der Waals surface area contributed by atoms with Crippen molar-refractivity contribution in [2.75, 3.05) is 6.54 Å². The van der Waals surface area contributed by atoms with Crippen LogP contribution in [0, 0.1) is 0 Å². The molecule has 0 spiro atoms. The maximum Gasteiger partial charge on any atom is 0.270 e. The van der Waals surface area contributed by atoms with Crippen molar-refractivity contribution in [1.29, 1.82) is 0 Å². The Bertz CT molecular complexity index is 1490. The molecule has 35 heavy (non-hydrogen) atoms. The number of sulfonamides is 1. The molecule has 2 aromatic heterocycles. The lowest BCUT2D eigenvalue weighted by Crippen LogP contribution is -2.40. The van der Waals surface area contributed by atoms with Gasteiger partial charge in [0, 0.05) is 18.0 Å². The fraction of sp³-hybridized carbons (Fsp3) is 0.0800. The van der Waals surface area contributed by atoms with Crippen molar-refractivity contribution in [3.63, 3.8) is 0 Å². The van der Waals surface area contributed by atoms with Crippen molar-refractivity contribution < 1.29 is 22.4 Å². The largest absolute Gasteiger partial charge is 0.463 e. The molecule has 0 saturated heterocycles. The fourth-order valence-electron chi connectivity index (χ4n) is 3.34. The highest BCUT2D eigenvalue weighted by atomic mass is 32.2. The Hall–Kier alpha value is -4.28. The average molecular weight is 491 g/mol. The number of hydrogen-bond donors (Lipinski definition) is 3. The molecule has 2 amide bonds.